The number of nitrogens with one attached hydrogen (secondary N) is 1. The Balaban J connectivity index is 1.22. The number of nitrogens with zero attached hydrogens (tertiary/aromatic N) is 5. The number of carbonyl (C=O) groups is 3. The fourth-order valence-corrected chi connectivity index (χ4v) is 7.88. The van der Waals surface area contributed by atoms with Crippen molar-refractivity contribution in [1.29, 1.82) is 5.41 Å². The second kappa shape index (κ2) is 12.8. The number of amides is 1. The Labute approximate surface area is 279 Å². The van der Waals surface area contributed by atoms with Gasteiger partial charge in [0.2, 0.25) is 5.91 Å². The maximum atomic E-state index is 14.9. The molecule has 0 unspecified atom stereocenters. The van der Waals surface area contributed by atoms with E-state index in [1.807, 2.05) is 12.1 Å². The van der Waals surface area contributed by atoms with Gasteiger partial charge in [0.05, 0.1) is 29.5 Å². The summed E-state index contributed by atoms with van der Waals surface area (Å²) in [4.78, 5) is 48.9. The lowest BCUT2D eigenvalue weighted by molar-refractivity contribution is -0.687. The van der Waals surface area contributed by atoms with Crippen LogP contribution >= 0.6 is 34.7 Å². The molecule has 3 aromatic heterocycles. The number of hydrogen-bond acceptors (Lipinski definition) is 11. The van der Waals surface area contributed by atoms with Gasteiger partial charge in [-0.25, -0.2) is 9.37 Å². The van der Waals surface area contributed by atoms with E-state index in [-0.39, 0.29) is 69.5 Å². The van der Waals surface area contributed by atoms with E-state index in [4.69, 9.17) is 33.3 Å². The molecule has 17 heteroatoms. The zero-order valence-corrected chi connectivity index (χ0v) is 27.0. The predicted molar refractivity (Wildman–Crippen MR) is 172 cm³/mol. The van der Waals surface area contributed by atoms with Crippen molar-refractivity contribution in [1.82, 2.24) is 14.5 Å². The minimum absolute atomic E-state index is 0.0708. The van der Waals surface area contributed by atoms with Gasteiger partial charge in [0, 0.05) is 56.9 Å². The van der Waals surface area contributed by atoms with Gasteiger partial charge in [0.1, 0.15) is 30.0 Å². The van der Waals surface area contributed by atoms with Crippen molar-refractivity contribution >= 4 is 79.9 Å². The zero-order valence-electron chi connectivity index (χ0n) is 24.6. The SMILES string of the molecule is CO/N=C(\C(=O)C[C@@H]1C(=O)N2C(C(=O)[O-])=C(C[n+]3ccc4ccn(Cc5c(F)cc(C(=N)N)cc5Cl)c4c3)CS[C@H]12)c1csc(N)n1. The van der Waals surface area contributed by atoms with Gasteiger partial charge >= 0.3 is 0 Å². The number of Topliss-reactive ketones (excluding diaryl/α,β-unsaturated/α-hetero) is 1. The highest BCUT2D eigenvalue weighted by atomic mass is 35.5. The van der Waals surface area contributed by atoms with E-state index in [1.165, 1.54) is 29.8 Å². The van der Waals surface area contributed by atoms with Crippen LogP contribution in [-0.2, 0) is 32.3 Å². The predicted octanol–water partition coefficient (Wildman–Crippen LogP) is 1.64. The first-order chi connectivity index (χ1) is 22.5. The van der Waals surface area contributed by atoms with E-state index in [1.54, 1.807) is 33.1 Å². The maximum absolute atomic E-state index is 14.9. The molecule has 242 valence electrons. The van der Waals surface area contributed by atoms with E-state index < -0.39 is 34.8 Å². The van der Waals surface area contributed by atoms with E-state index >= 15 is 0 Å². The van der Waals surface area contributed by atoms with Gasteiger partial charge in [0.25, 0.3) is 0 Å². The van der Waals surface area contributed by atoms with Crippen molar-refractivity contribution in [2.24, 2.45) is 16.8 Å². The van der Waals surface area contributed by atoms with Gasteiger partial charge in [-0.05, 0) is 18.2 Å². The van der Waals surface area contributed by atoms with Gasteiger partial charge in [0.15, 0.2) is 35.6 Å². The van der Waals surface area contributed by atoms with Crippen molar-refractivity contribution in [3.8, 4) is 0 Å². The summed E-state index contributed by atoms with van der Waals surface area (Å²) in [6.07, 6.45) is 5.14. The molecule has 6 rings (SSSR count). The van der Waals surface area contributed by atoms with Crippen molar-refractivity contribution in [2.75, 3.05) is 18.6 Å². The fraction of sp³-hybridized carbons (Fsp3) is 0.233. The molecule has 2 atom stereocenters. The number of nitrogen functional groups attached to an aromatic ring is 2. The number of aromatic nitrogens is 3. The fourth-order valence-electron chi connectivity index (χ4n) is 5.66. The van der Waals surface area contributed by atoms with E-state index in [0.29, 0.717) is 5.57 Å². The Kier molecular flexibility index (Phi) is 8.74. The van der Waals surface area contributed by atoms with Gasteiger partial charge in [-0.1, -0.05) is 16.8 Å². The third kappa shape index (κ3) is 6.06. The summed E-state index contributed by atoms with van der Waals surface area (Å²) < 4.78 is 18.5. The van der Waals surface area contributed by atoms with Crippen molar-refractivity contribution in [3.63, 3.8) is 0 Å². The summed E-state index contributed by atoms with van der Waals surface area (Å²) in [6, 6.07) is 6.30. The van der Waals surface area contributed by atoms with E-state index in [0.717, 1.165) is 28.3 Å². The number of anilines is 1. The highest BCUT2D eigenvalue weighted by molar-refractivity contribution is 8.00. The lowest BCUT2D eigenvalue weighted by Gasteiger charge is -2.50. The van der Waals surface area contributed by atoms with Crippen molar-refractivity contribution in [2.45, 2.75) is 24.9 Å². The van der Waals surface area contributed by atoms with Crippen LogP contribution in [0.1, 0.15) is 23.2 Å². The third-order valence-electron chi connectivity index (χ3n) is 7.89. The average molecular weight is 697 g/mol. The number of benzene rings is 1. The molecule has 1 aromatic carbocycles. The Bertz CT molecular complexity index is 2020. The van der Waals surface area contributed by atoms with Crippen LogP contribution in [0.15, 0.2) is 64.7 Å². The van der Waals surface area contributed by atoms with Crippen LogP contribution in [0.4, 0.5) is 9.52 Å². The standard InChI is InChI=1S/C30H26ClFN8O5S2/c1-45-37-24(21-13-47-30(35)36-21)23(41)8-17-27(42)40-25(29(43)44)16(12-46-28(17)40)9-38-4-2-14-3-5-39(22(14)11-38)10-18-19(31)6-15(26(33)34)7-20(18)32/h2-7,11,13,17,28H,8-10,12H2,1H3,(H5-,33,34,35,36,43,44)/b37-24-/t17-,28-/m1/s1. The lowest BCUT2D eigenvalue weighted by Crippen LogP contribution is -2.63. The molecule has 1 amide bonds. The summed E-state index contributed by atoms with van der Waals surface area (Å²) in [5.74, 6) is -3.87. The number of halogens is 2. The molecule has 5 N–H and O–H groups in total. The first-order valence-corrected chi connectivity index (χ1v) is 16.3. The number of pyridine rings is 1. The number of carbonyl (C=O) groups excluding carboxylic acids is 3. The molecule has 47 heavy (non-hydrogen) atoms. The number of thiazole rings is 1. The molecule has 1 saturated heterocycles. The van der Waals surface area contributed by atoms with Crippen molar-refractivity contribution in [3.05, 3.63) is 87.2 Å². The lowest BCUT2D eigenvalue weighted by atomic mass is 9.89. The number of ketones is 1. The number of carboxylic acid groups (broad SMARTS) is 1. The van der Waals surface area contributed by atoms with Crippen molar-refractivity contribution < 1.29 is 33.3 Å². The molecule has 0 bridgehead atoms. The molecular formula is C30H26ClFN8O5S2. The zero-order chi connectivity index (χ0) is 33.6. The molecule has 0 radical (unpaired) electrons. The van der Waals surface area contributed by atoms with Crippen LogP contribution < -0.4 is 21.1 Å². The highest BCUT2D eigenvalue weighted by Gasteiger charge is 2.53. The Morgan fingerprint density at radius 3 is 2.79 bits per heavy atom. The summed E-state index contributed by atoms with van der Waals surface area (Å²) in [5.41, 5.74) is 12.7. The molecule has 0 spiro atoms. The monoisotopic (exact) mass is 696 g/mol. The molecule has 4 aromatic rings. The summed E-state index contributed by atoms with van der Waals surface area (Å²) in [7, 11) is 1.28. The van der Waals surface area contributed by atoms with Gasteiger partial charge in [-0.3, -0.25) is 19.9 Å². The first-order valence-electron chi connectivity index (χ1n) is 14.0. The number of hydrogen-bond donors (Lipinski definition) is 3. The van der Waals surface area contributed by atoms with E-state index in [2.05, 4.69) is 10.1 Å². The molecule has 2 aliphatic heterocycles. The quantitative estimate of drug-likeness (QED) is 0.0686. The number of rotatable bonds is 11. The molecule has 2 aliphatic rings. The van der Waals surface area contributed by atoms with Crippen LogP contribution in [-0.4, -0.2) is 61.9 Å². The molecule has 1 fully saturated rings. The molecule has 0 aliphatic carbocycles. The topological polar surface area (TPSA) is 197 Å². The number of fused-ring (bicyclic) bond motifs is 2. The summed E-state index contributed by atoms with van der Waals surface area (Å²) in [5, 5.41) is 25.9. The first kappa shape index (κ1) is 32.2. The summed E-state index contributed by atoms with van der Waals surface area (Å²) >= 11 is 8.83. The van der Waals surface area contributed by atoms with Crippen LogP contribution in [0.5, 0.6) is 0 Å². The molecule has 5 heterocycles. The number of oxime groups is 1. The molecular weight excluding hydrogens is 671 g/mol. The number of amidine groups is 1. The van der Waals surface area contributed by atoms with Crippen LogP contribution in [0.25, 0.3) is 10.9 Å². The second-order valence-electron chi connectivity index (χ2n) is 10.8. The van der Waals surface area contributed by atoms with E-state index in [9.17, 15) is 23.9 Å². The molecule has 0 saturated carbocycles. The smallest absolute Gasteiger partial charge is 0.234 e. The van der Waals surface area contributed by atoms with Crippen LogP contribution in [0, 0.1) is 17.1 Å². The van der Waals surface area contributed by atoms with Crippen LogP contribution in [0.2, 0.25) is 5.02 Å². The third-order valence-corrected chi connectivity index (χ3v) is 10.3. The number of aliphatic carboxylic acids is 1. The minimum atomic E-state index is -1.49. The highest BCUT2D eigenvalue weighted by Crippen LogP contribution is 2.45. The van der Waals surface area contributed by atoms with Gasteiger partial charge < -0.3 is 30.8 Å². The summed E-state index contributed by atoms with van der Waals surface area (Å²) in [6.45, 7) is 0.228. The largest absolute Gasteiger partial charge is 0.543 e. The number of carboxylic acids is 1. The Hall–Kier alpha value is -4.80. The van der Waals surface area contributed by atoms with Gasteiger partial charge in [-0.15, -0.1) is 23.1 Å². The van der Waals surface area contributed by atoms with Gasteiger partial charge in [-0.2, -0.15) is 4.57 Å². The Morgan fingerprint density at radius 2 is 2.13 bits per heavy atom. The number of thioether (sulfide) groups is 1. The van der Waals surface area contributed by atoms with Crippen LogP contribution in [0.3, 0.4) is 0 Å². The molecule has 13 nitrogen and oxygen atoms in total. The number of nitrogens with two attached hydrogens (primary N) is 2. The average Bonchev–Trinajstić information content (AvgIpc) is 3.65. The minimum Gasteiger partial charge on any atom is -0.543 e. The second-order valence-corrected chi connectivity index (χ2v) is 13.2. The normalized spacial score (nSPS) is 17.9. The number of β-lactam (4-membered cyclic amide) rings is 1. The maximum Gasteiger partial charge on any atom is 0.234 e. The Morgan fingerprint density at radius 1 is 1.34 bits per heavy atom.